The molecule has 3 aromatic heterocycles. The number of thiophene rings is 1. The molecule has 0 radical (unpaired) electrons. The Balaban J connectivity index is 1.62. The van der Waals surface area contributed by atoms with Crippen molar-refractivity contribution in [3.05, 3.63) is 63.0 Å². The van der Waals surface area contributed by atoms with Crippen molar-refractivity contribution in [1.29, 1.82) is 0 Å². The van der Waals surface area contributed by atoms with Crippen LogP contribution in [0.15, 0.2) is 41.1 Å². The predicted molar refractivity (Wildman–Crippen MR) is 114 cm³/mol. The average Bonchev–Trinajstić information content (AvgIpc) is 3.36. The minimum atomic E-state index is -1.000. The largest absolute Gasteiger partial charge is 0.486 e. The summed E-state index contributed by atoms with van der Waals surface area (Å²) in [6, 6.07) is 5.85. The number of nitrogens with zero attached hydrogens (tertiary/aromatic N) is 1. The number of ether oxygens (including phenoxy) is 1. The van der Waals surface area contributed by atoms with Crippen molar-refractivity contribution in [3.8, 4) is 16.2 Å². The van der Waals surface area contributed by atoms with E-state index in [0.29, 0.717) is 32.0 Å². The van der Waals surface area contributed by atoms with Gasteiger partial charge < -0.3 is 20.0 Å². The van der Waals surface area contributed by atoms with Crippen LogP contribution in [0.2, 0.25) is 10.0 Å². The number of anilines is 1. The Hall–Kier alpha value is -2.81. The molecule has 0 saturated carbocycles. The maximum atomic E-state index is 13.7. The van der Waals surface area contributed by atoms with Crippen LogP contribution in [-0.4, -0.2) is 22.7 Å². The fourth-order valence-electron chi connectivity index (χ4n) is 2.96. The zero-order valence-electron chi connectivity index (χ0n) is 15.1. The van der Waals surface area contributed by atoms with Gasteiger partial charge in [-0.05, 0) is 29.8 Å². The minimum Gasteiger partial charge on any atom is -0.486 e. The smallest absolute Gasteiger partial charge is 0.345 e. The van der Waals surface area contributed by atoms with E-state index in [1.807, 2.05) is 0 Å². The number of carboxylic acids is 1. The van der Waals surface area contributed by atoms with Gasteiger partial charge in [0, 0.05) is 28.1 Å². The Morgan fingerprint density at radius 1 is 1.30 bits per heavy atom. The second kappa shape index (κ2) is 8.14. The van der Waals surface area contributed by atoms with Crippen LogP contribution in [0.25, 0.3) is 21.4 Å². The van der Waals surface area contributed by atoms with Gasteiger partial charge in [0.25, 0.3) is 0 Å². The van der Waals surface area contributed by atoms with Crippen LogP contribution in [-0.2, 0) is 6.42 Å². The zero-order valence-corrected chi connectivity index (χ0v) is 17.4. The number of carboxylic acid groups (broad SMARTS) is 1. The van der Waals surface area contributed by atoms with Crippen molar-refractivity contribution in [2.45, 2.75) is 6.42 Å². The third-order valence-electron chi connectivity index (χ3n) is 4.42. The normalized spacial score (nSPS) is 11.2. The first-order valence-corrected chi connectivity index (χ1v) is 10.2. The van der Waals surface area contributed by atoms with Crippen LogP contribution in [0.3, 0.4) is 0 Å². The molecule has 0 aliphatic carbocycles. The van der Waals surface area contributed by atoms with Crippen molar-refractivity contribution >= 4 is 57.3 Å². The molecule has 1 aromatic carbocycles. The summed E-state index contributed by atoms with van der Waals surface area (Å²) in [6.07, 6.45) is 3.28. The molecule has 0 fully saturated rings. The summed E-state index contributed by atoms with van der Waals surface area (Å²) < 4.78 is 25.1. The summed E-state index contributed by atoms with van der Waals surface area (Å²) in [5.74, 6) is -1.21. The number of aromatic nitrogens is 1. The summed E-state index contributed by atoms with van der Waals surface area (Å²) >= 11 is 13.2. The Bertz CT molecular complexity index is 1270. The second-order valence-electron chi connectivity index (χ2n) is 6.25. The highest BCUT2D eigenvalue weighted by molar-refractivity contribution is 7.17. The number of hydrogen-bond donors (Lipinski definition) is 2. The number of furan rings is 1. The van der Waals surface area contributed by atoms with E-state index in [1.54, 1.807) is 6.07 Å². The van der Waals surface area contributed by atoms with Crippen molar-refractivity contribution in [2.75, 3.05) is 12.3 Å². The lowest BCUT2D eigenvalue weighted by molar-refractivity contribution is 0.0702. The summed E-state index contributed by atoms with van der Waals surface area (Å²) in [4.78, 5) is 16.2. The van der Waals surface area contributed by atoms with Gasteiger partial charge in [-0.3, -0.25) is 0 Å². The lowest BCUT2D eigenvalue weighted by Crippen LogP contribution is -2.06. The van der Waals surface area contributed by atoms with Gasteiger partial charge in [0.1, 0.15) is 17.0 Å². The van der Waals surface area contributed by atoms with Gasteiger partial charge >= 0.3 is 5.97 Å². The average molecular weight is 467 g/mol. The molecule has 154 valence electrons. The topological polar surface area (TPSA) is 98.6 Å². The van der Waals surface area contributed by atoms with E-state index in [0.717, 1.165) is 11.3 Å². The van der Waals surface area contributed by atoms with Crippen LogP contribution < -0.4 is 10.5 Å². The van der Waals surface area contributed by atoms with Crippen molar-refractivity contribution < 1.29 is 23.4 Å². The maximum absolute atomic E-state index is 13.7. The number of pyridine rings is 1. The monoisotopic (exact) mass is 466 g/mol. The highest BCUT2D eigenvalue weighted by Crippen LogP contribution is 2.40. The SMILES string of the molecule is Nc1ncc2c(-c3ccc(C(=O)O)s3)coc2c1OCCc1c(Cl)ccc(F)c1Cl. The highest BCUT2D eigenvalue weighted by Gasteiger charge is 2.19. The number of nitrogen functional groups attached to an aromatic ring is 1. The third-order valence-corrected chi connectivity index (χ3v) is 6.29. The Kier molecular flexibility index (Phi) is 5.55. The van der Waals surface area contributed by atoms with E-state index in [1.165, 1.54) is 30.7 Å². The molecule has 0 saturated heterocycles. The summed E-state index contributed by atoms with van der Waals surface area (Å²) in [7, 11) is 0. The summed E-state index contributed by atoms with van der Waals surface area (Å²) in [5.41, 5.74) is 7.44. The second-order valence-corrected chi connectivity index (χ2v) is 8.12. The van der Waals surface area contributed by atoms with E-state index in [-0.39, 0.29) is 34.5 Å². The Morgan fingerprint density at radius 3 is 2.83 bits per heavy atom. The molecule has 4 rings (SSSR count). The first kappa shape index (κ1) is 20.5. The van der Waals surface area contributed by atoms with E-state index >= 15 is 0 Å². The molecule has 30 heavy (non-hydrogen) atoms. The Labute approximate surface area is 183 Å². The molecule has 0 amide bonds. The summed E-state index contributed by atoms with van der Waals surface area (Å²) in [6.45, 7) is 0.103. The lowest BCUT2D eigenvalue weighted by atomic mass is 10.1. The molecule has 3 N–H and O–H groups in total. The fourth-order valence-corrected chi connectivity index (χ4v) is 4.39. The van der Waals surface area contributed by atoms with Crippen LogP contribution in [0.1, 0.15) is 15.2 Å². The molecule has 10 heteroatoms. The number of benzene rings is 1. The zero-order chi connectivity index (χ0) is 21.4. The number of carbonyl (C=O) groups is 1. The van der Waals surface area contributed by atoms with Crippen LogP contribution in [0.4, 0.5) is 10.2 Å². The van der Waals surface area contributed by atoms with Gasteiger partial charge in [-0.2, -0.15) is 0 Å². The van der Waals surface area contributed by atoms with Gasteiger partial charge in [-0.1, -0.05) is 23.2 Å². The van der Waals surface area contributed by atoms with Crippen LogP contribution in [0.5, 0.6) is 5.75 Å². The molecule has 0 unspecified atom stereocenters. The first-order chi connectivity index (χ1) is 14.4. The number of aromatic carboxylic acids is 1. The molecular weight excluding hydrogens is 454 g/mol. The van der Waals surface area contributed by atoms with Gasteiger partial charge in [-0.15, -0.1) is 11.3 Å². The number of nitrogens with two attached hydrogens (primary N) is 1. The van der Waals surface area contributed by atoms with Gasteiger partial charge in [0.15, 0.2) is 11.4 Å². The number of halogens is 3. The van der Waals surface area contributed by atoms with Gasteiger partial charge in [-0.25, -0.2) is 14.2 Å². The number of hydrogen-bond acceptors (Lipinski definition) is 6. The molecule has 0 atom stereocenters. The molecule has 3 heterocycles. The maximum Gasteiger partial charge on any atom is 0.345 e. The van der Waals surface area contributed by atoms with Crippen molar-refractivity contribution in [1.82, 2.24) is 4.98 Å². The van der Waals surface area contributed by atoms with E-state index in [2.05, 4.69) is 4.98 Å². The molecule has 0 spiro atoms. The van der Waals surface area contributed by atoms with Crippen molar-refractivity contribution in [3.63, 3.8) is 0 Å². The fraction of sp³-hybridized carbons (Fsp3) is 0.100. The number of rotatable bonds is 6. The van der Waals surface area contributed by atoms with Crippen LogP contribution in [0, 0.1) is 5.82 Å². The predicted octanol–water partition coefficient (Wildman–Crippen LogP) is 5.90. The standard InChI is InChI=1S/C20H13Cl2FN2O4S/c21-12-1-2-13(23)16(22)9(12)5-6-28-18-17-10(7-25-19(18)24)11(8-29-17)14-3-4-15(30-14)20(26)27/h1-4,7-8H,5-6H2,(H2,24,25)(H,26,27). The molecule has 4 aromatic rings. The molecule has 0 aliphatic heterocycles. The van der Waals surface area contributed by atoms with E-state index < -0.39 is 11.8 Å². The van der Waals surface area contributed by atoms with Gasteiger partial charge in [0.2, 0.25) is 5.75 Å². The highest BCUT2D eigenvalue weighted by atomic mass is 35.5. The first-order valence-electron chi connectivity index (χ1n) is 8.61. The molecule has 0 aliphatic rings. The minimum absolute atomic E-state index is 0.0531. The third kappa shape index (κ3) is 3.69. The lowest BCUT2D eigenvalue weighted by Gasteiger charge is -2.11. The molecule has 6 nitrogen and oxygen atoms in total. The van der Waals surface area contributed by atoms with E-state index in [9.17, 15) is 9.18 Å². The van der Waals surface area contributed by atoms with E-state index in [4.69, 9.17) is 43.2 Å². The van der Waals surface area contributed by atoms with Crippen LogP contribution >= 0.6 is 34.5 Å². The molecule has 0 bridgehead atoms. The van der Waals surface area contributed by atoms with Gasteiger partial charge in [0.05, 0.1) is 17.0 Å². The summed E-state index contributed by atoms with van der Waals surface area (Å²) in [5, 5.41) is 10.0. The quantitative estimate of drug-likeness (QED) is 0.343. The number of fused-ring (bicyclic) bond motifs is 1. The Morgan fingerprint density at radius 2 is 2.10 bits per heavy atom. The van der Waals surface area contributed by atoms with Crippen molar-refractivity contribution in [2.24, 2.45) is 0 Å². The molecular formula is C20H13Cl2FN2O4S.